The van der Waals surface area contributed by atoms with Crippen LogP contribution in [-0.2, 0) is 11.2 Å². The molecule has 8 heteroatoms. The van der Waals surface area contributed by atoms with Gasteiger partial charge in [-0.05, 0) is 35.7 Å². The van der Waals surface area contributed by atoms with E-state index < -0.39 is 0 Å². The molecule has 2 aromatic heterocycles. The molecule has 1 N–H and O–H groups in total. The number of carbonyl (C=O) groups is 1. The molecule has 0 aliphatic carbocycles. The van der Waals surface area contributed by atoms with E-state index in [4.69, 9.17) is 4.42 Å². The fourth-order valence-corrected chi connectivity index (χ4v) is 3.17. The third kappa shape index (κ3) is 4.64. The van der Waals surface area contributed by atoms with Gasteiger partial charge in [-0.2, -0.15) is 0 Å². The highest BCUT2D eigenvalue weighted by molar-refractivity contribution is 8.00. The molecule has 0 aliphatic rings. The molecule has 1 amide bonds. The van der Waals surface area contributed by atoms with Gasteiger partial charge in [0.05, 0.1) is 12.2 Å². The molecule has 118 valence electrons. The molecule has 0 fully saturated rings. The molecule has 0 unspecified atom stereocenters. The minimum Gasteiger partial charge on any atom is -0.407 e. The average molecular weight is 349 g/mol. The number of aromatic nitrogens is 2. The van der Waals surface area contributed by atoms with Gasteiger partial charge in [0.15, 0.2) is 0 Å². The highest BCUT2D eigenvalue weighted by Crippen LogP contribution is 2.19. The van der Waals surface area contributed by atoms with Crippen molar-refractivity contribution in [1.82, 2.24) is 10.2 Å². The van der Waals surface area contributed by atoms with Crippen molar-refractivity contribution in [2.45, 2.75) is 11.3 Å². The number of thiophene rings is 1. The van der Waals surface area contributed by atoms with Crippen molar-refractivity contribution in [3.8, 4) is 0 Å². The average Bonchev–Trinajstić information content (AvgIpc) is 3.19. The maximum absolute atomic E-state index is 12.8. The number of hydrogen-bond acceptors (Lipinski definition) is 6. The van der Waals surface area contributed by atoms with Crippen LogP contribution < -0.4 is 5.32 Å². The third-order valence-corrected chi connectivity index (χ3v) is 4.69. The summed E-state index contributed by atoms with van der Waals surface area (Å²) in [6.07, 6.45) is 0.546. The molecule has 0 saturated carbocycles. The lowest BCUT2D eigenvalue weighted by Crippen LogP contribution is -2.14. The highest BCUT2D eigenvalue weighted by atomic mass is 32.2. The molecule has 23 heavy (non-hydrogen) atoms. The Balaban J connectivity index is 1.49. The molecular weight excluding hydrogens is 337 g/mol. The zero-order chi connectivity index (χ0) is 16.1. The molecule has 2 heterocycles. The first-order chi connectivity index (χ1) is 11.2. The van der Waals surface area contributed by atoms with Crippen LogP contribution in [0.2, 0.25) is 0 Å². The number of nitrogens with one attached hydrogen (secondary N) is 1. The van der Waals surface area contributed by atoms with Gasteiger partial charge in [0.25, 0.3) is 0 Å². The Kier molecular flexibility index (Phi) is 5.04. The van der Waals surface area contributed by atoms with Crippen molar-refractivity contribution in [2.75, 3.05) is 11.1 Å². The van der Waals surface area contributed by atoms with E-state index in [2.05, 4.69) is 15.5 Å². The van der Waals surface area contributed by atoms with Crippen molar-refractivity contribution < 1.29 is 13.6 Å². The Hall–Kier alpha value is -2.19. The van der Waals surface area contributed by atoms with E-state index in [-0.39, 0.29) is 23.5 Å². The predicted molar refractivity (Wildman–Crippen MR) is 87.2 cm³/mol. The van der Waals surface area contributed by atoms with Gasteiger partial charge < -0.3 is 4.42 Å². The molecular formula is C15H12FN3O2S2. The summed E-state index contributed by atoms with van der Waals surface area (Å²) in [6.45, 7) is 0. The van der Waals surface area contributed by atoms with E-state index >= 15 is 0 Å². The molecule has 0 radical (unpaired) electrons. The van der Waals surface area contributed by atoms with Crippen LogP contribution in [0.4, 0.5) is 10.4 Å². The van der Waals surface area contributed by atoms with Crippen LogP contribution in [-0.4, -0.2) is 21.9 Å². The van der Waals surface area contributed by atoms with Crippen molar-refractivity contribution in [3.05, 3.63) is 58.4 Å². The van der Waals surface area contributed by atoms with Gasteiger partial charge >= 0.3 is 6.01 Å². The van der Waals surface area contributed by atoms with E-state index in [9.17, 15) is 9.18 Å². The predicted octanol–water partition coefficient (Wildman–Crippen LogP) is 3.59. The van der Waals surface area contributed by atoms with Crippen molar-refractivity contribution in [2.24, 2.45) is 0 Å². The van der Waals surface area contributed by atoms with Gasteiger partial charge in [-0.1, -0.05) is 11.2 Å². The summed E-state index contributed by atoms with van der Waals surface area (Å²) in [5.74, 6) is 0.0661. The van der Waals surface area contributed by atoms with Crippen LogP contribution in [0.3, 0.4) is 0 Å². The molecule has 0 atom stereocenters. The molecule has 0 saturated heterocycles. The van der Waals surface area contributed by atoms with E-state index in [1.807, 2.05) is 17.5 Å². The lowest BCUT2D eigenvalue weighted by molar-refractivity contribution is -0.113. The normalized spacial score (nSPS) is 10.7. The number of hydrogen-bond donors (Lipinski definition) is 1. The summed E-state index contributed by atoms with van der Waals surface area (Å²) in [6, 6.07) is 9.97. The third-order valence-electron chi connectivity index (χ3n) is 2.80. The first kappa shape index (κ1) is 15.7. The minimum absolute atomic E-state index is 0.0845. The molecule has 3 rings (SSSR count). The van der Waals surface area contributed by atoms with E-state index in [0.717, 1.165) is 9.77 Å². The van der Waals surface area contributed by atoms with Gasteiger partial charge in [0.1, 0.15) is 5.82 Å². The van der Waals surface area contributed by atoms with Crippen molar-refractivity contribution >= 4 is 35.0 Å². The summed E-state index contributed by atoms with van der Waals surface area (Å²) in [7, 11) is 0. The van der Waals surface area contributed by atoms with Crippen LogP contribution in [0.5, 0.6) is 0 Å². The number of amides is 1. The van der Waals surface area contributed by atoms with E-state index in [1.54, 1.807) is 23.5 Å². The van der Waals surface area contributed by atoms with Crippen LogP contribution in [0, 0.1) is 5.82 Å². The van der Waals surface area contributed by atoms with E-state index in [0.29, 0.717) is 12.3 Å². The second-order valence-electron chi connectivity index (χ2n) is 4.55. The van der Waals surface area contributed by atoms with Crippen LogP contribution in [0.15, 0.2) is 51.1 Å². The summed E-state index contributed by atoms with van der Waals surface area (Å²) in [5, 5.41) is 12.2. The number of thioether (sulfide) groups is 1. The Bertz CT molecular complexity index is 772. The summed E-state index contributed by atoms with van der Waals surface area (Å²) in [5.41, 5.74) is 0. The van der Waals surface area contributed by atoms with Gasteiger partial charge in [0.2, 0.25) is 11.8 Å². The zero-order valence-corrected chi connectivity index (χ0v) is 13.5. The zero-order valence-electron chi connectivity index (χ0n) is 11.9. The number of nitrogens with zero attached hydrogens (tertiary/aromatic N) is 2. The number of rotatable bonds is 6. The lowest BCUT2D eigenvalue weighted by atomic mass is 10.3. The van der Waals surface area contributed by atoms with Gasteiger partial charge in [-0.3, -0.25) is 10.1 Å². The Morgan fingerprint density at radius 1 is 1.26 bits per heavy atom. The minimum atomic E-state index is -0.303. The number of carbonyl (C=O) groups excluding carboxylic acids is 1. The first-order valence-corrected chi connectivity index (χ1v) is 8.58. The molecule has 5 nitrogen and oxygen atoms in total. The number of anilines is 1. The topological polar surface area (TPSA) is 68.0 Å². The molecule has 0 aliphatic heterocycles. The quantitative estimate of drug-likeness (QED) is 0.689. The summed E-state index contributed by atoms with van der Waals surface area (Å²) < 4.78 is 18.2. The smallest absolute Gasteiger partial charge is 0.322 e. The molecule has 1 aromatic carbocycles. The van der Waals surface area contributed by atoms with Crippen LogP contribution in [0.25, 0.3) is 0 Å². The Morgan fingerprint density at radius 3 is 2.83 bits per heavy atom. The highest BCUT2D eigenvalue weighted by Gasteiger charge is 2.11. The molecule has 3 aromatic rings. The second-order valence-corrected chi connectivity index (χ2v) is 6.63. The fourth-order valence-electron chi connectivity index (χ4n) is 1.77. The SMILES string of the molecule is O=C(CSc1ccc(F)cc1)Nc1nnc(Cc2cccs2)o1. The maximum Gasteiger partial charge on any atom is 0.322 e. The lowest BCUT2D eigenvalue weighted by Gasteiger charge is -2.01. The van der Waals surface area contributed by atoms with Gasteiger partial charge in [0, 0.05) is 9.77 Å². The second kappa shape index (κ2) is 7.38. The van der Waals surface area contributed by atoms with Gasteiger partial charge in [-0.15, -0.1) is 28.2 Å². The van der Waals surface area contributed by atoms with Gasteiger partial charge in [-0.25, -0.2) is 4.39 Å². The molecule has 0 bridgehead atoms. The van der Waals surface area contributed by atoms with E-state index in [1.165, 1.54) is 23.9 Å². The maximum atomic E-state index is 12.8. The monoisotopic (exact) mass is 349 g/mol. The standard InChI is InChI=1S/C15H12FN3O2S2/c16-10-3-5-11(6-4-10)23-9-13(20)17-15-19-18-14(21-15)8-12-2-1-7-22-12/h1-7H,8-9H2,(H,17,19,20). The Labute approximate surface area is 139 Å². The summed E-state index contributed by atoms with van der Waals surface area (Å²) >= 11 is 2.90. The number of benzene rings is 1. The summed E-state index contributed by atoms with van der Waals surface area (Å²) in [4.78, 5) is 13.8. The van der Waals surface area contributed by atoms with Crippen molar-refractivity contribution in [3.63, 3.8) is 0 Å². The van der Waals surface area contributed by atoms with Crippen LogP contribution in [0.1, 0.15) is 10.8 Å². The first-order valence-electron chi connectivity index (χ1n) is 6.72. The molecule has 0 spiro atoms. The number of halogens is 1. The largest absolute Gasteiger partial charge is 0.407 e. The Morgan fingerprint density at radius 2 is 2.09 bits per heavy atom. The van der Waals surface area contributed by atoms with Crippen molar-refractivity contribution in [1.29, 1.82) is 0 Å². The fraction of sp³-hybridized carbons (Fsp3) is 0.133. The van der Waals surface area contributed by atoms with Crippen LogP contribution >= 0.6 is 23.1 Å².